The summed E-state index contributed by atoms with van der Waals surface area (Å²) in [5.74, 6) is 0.823. The highest BCUT2D eigenvalue weighted by Crippen LogP contribution is 2.23. The van der Waals surface area contributed by atoms with Crippen molar-refractivity contribution in [2.45, 2.75) is 52.6 Å². The highest BCUT2D eigenvalue weighted by molar-refractivity contribution is 7.10. The maximum absolute atomic E-state index is 3.66. The second-order valence-corrected chi connectivity index (χ2v) is 7.22. The predicted octanol–water partition coefficient (Wildman–Crippen LogP) is 3.52. The fourth-order valence-electron chi connectivity index (χ4n) is 2.65. The third kappa shape index (κ3) is 4.90. The molecule has 1 aliphatic rings. The van der Waals surface area contributed by atoms with E-state index in [-0.39, 0.29) is 0 Å². The molecule has 3 heteroatoms. The molecule has 1 aromatic heterocycles. The minimum absolute atomic E-state index is 0.656. The average molecular weight is 280 g/mol. The summed E-state index contributed by atoms with van der Waals surface area (Å²) in [7, 11) is 0. The third-order valence-corrected chi connectivity index (χ3v) is 5.01. The van der Waals surface area contributed by atoms with Gasteiger partial charge in [0.1, 0.15) is 0 Å². The van der Waals surface area contributed by atoms with E-state index in [1.807, 2.05) is 11.3 Å². The van der Waals surface area contributed by atoms with Gasteiger partial charge in [-0.05, 0) is 49.1 Å². The number of hydrogen-bond donors (Lipinski definition) is 1. The van der Waals surface area contributed by atoms with Crippen molar-refractivity contribution >= 4 is 11.3 Å². The molecule has 1 aliphatic heterocycles. The van der Waals surface area contributed by atoms with E-state index < -0.39 is 0 Å². The first kappa shape index (κ1) is 15.0. The minimum Gasteiger partial charge on any atom is -0.313 e. The Bertz CT molecular complexity index is 373. The van der Waals surface area contributed by atoms with E-state index in [1.165, 1.54) is 32.4 Å². The second kappa shape index (κ2) is 7.41. The molecule has 1 unspecified atom stereocenters. The van der Waals surface area contributed by atoms with Gasteiger partial charge in [-0.2, -0.15) is 0 Å². The molecule has 0 bridgehead atoms. The van der Waals surface area contributed by atoms with Crippen molar-refractivity contribution in [3.05, 3.63) is 21.9 Å². The maximum Gasteiger partial charge on any atom is 0.0245 e. The van der Waals surface area contributed by atoms with Crippen LogP contribution in [0.1, 0.15) is 44.1 Å². The van der Waals surface area contributed by atoms with Crippen LogP contribution in [-0.4, -0.2) is 30.6 Å². The van der Waals surface area contributed by atoms with Crippen LogP contribution in [0.4, 0.5) is 0 Å². The Hall–Kier alpha value is -0.380. The molecular formula is C16H28N2S. The van der Waals surface area contributed by atoms with Crippen LogP contribution in [0.15, 0.2) is 11.4 Å². The first-order valence-corrected chi connectivity index (χ1v) is 8.54. The van der Waals surface area contributed by atoms with Gasteiger partial charge in [0.05, 0.1) is 0 Å². The molecule has 2 nitrogen and oxygen atoms in total. The maximum atomic E-state index is 3.66. The van der Waals surface area contributed by atoms with Gasteiger partial charge in [-0.3, -0.25) is 4.90 Å². The fourth-order valence-corrected chi connectivity index (χ4v) is 3.54. The molecule has 1 N–H and O–H groups in total. The first-order valence-electron chi connectivity index (χ1n) is 7.66. The lowest BCUT2D eigenvalue weighted by Gasteiger charge is -2.27. The molecule has 0 aliphatic carbocycles. The zero-order chi connectivity index (χ0) is 13.7. The standard InChI is InChI=1S/C16H28N2S/c1-13(2)4-5-14(3)17-8-10-18-9-6-16-15(12-18)7-11-19-16/h7,11,13-14,17H,4-6,8-10,12H2,1-3H3. The van der Waals surface area contributed by atoms with Crippen LogP contribution >= 0.6 is 11.3 Å². The van der Waals surface area contributed by atoms with Gasteiger partial charge in [-0.1, -0.05) is 13.8 Å². The van der Waals surface area contributed by atoms with E-state index in [9.17, 15) is 0 Å². The highest BCUT2D eigenvalue weighted by Gasteiger charge is 2.16. The predicted molar refractivity (Wildman–Crippen MR) is 84.8 cm³/mol. The van der Waals surface area contributed by atoms with Gasteiger partial charge >= 0.3 is 0 Å². The van der Waals surface area contributed by atoms with Gasteiger partial charge in [0.25, 0.3) is 0 Å². The number of hydrogen-bond acceptors (Lipinski definition) is 3. The van der Waals surface area contributed by atoms with Gasteiger partial charge < -0.3 is 5.32 Å². The van der Waals surface area contributed by atoms with E-state index in [1.54, 1.807) is 10.4 Å². The molecule has 108 valence electrons. The molecule has 0 aromatic carbocycles. The number of nitrogens with one attached hydrogen (secondary N) is 1. The summed E-state index contributed by atoms with van der Waals surface area (Å²) >= 11 is 1.92. The smallest absolute Gasteiger partial charge is 0.0245 e. The summed E-state index contributed by atoms with van der Waals surface area (Å²) < 4.78 is 0. The Morgan fingerprint density at radius 3 is 2.95 bits per heavy atom. The average Bonchev–Trinajstić information content (AvgIpc) is 2.83. The fraction of sp³-hybridized carbons (Fsp3) is 0.750. The van der Waals surface area contributed by atoms with Crippen molar-refractivity contribution in [1.82, 2.24) is 10.2 Å². The highest BCUT2D eigenvalue weighted by atomic mass is 32.1. The number of thiophene rings is 1. The number of nitrogens with zero attached hydrogens (tertiary/aromatic N) is 1. The summed E-state index contributed by atoms with van der Waals surface area (Å²) in [6, 6.07) is 2.95. The zero-order valence-corrected chi connectivity index (χ0v) is 13.4. The van der Waals surface area contributed by atoms with Crippen LogP contribution in [0.5, 0.6) is 0 Å². The largest absolute Gasteiger partial charge is 0.313 e. The first-order chi connectivity index (χ1) is 9.15. The van der Waals surface area contributed by atoms with Crippen LogP contribution in [-0.2, 0) is 13.0 Å². The Morgan fingerprint density at radius 2 is 2.16 bits per heavy atom. The Morgan fingerprint density at radius 1 is 1.32 bits per heavy atom. The SMILES string of the molecule is CC(C)CCC(C)NCCN1CCc2sccc2C1. The summed E-state index contributed by atoms with van der Waals surface area (Å²) in [5, 5.41) is 5.90. The third-order valence-electron chi connectivity index (χ3n) is 3.98. The summed E-state index contributed by atoms with van der Waals surface area (Å²) in [4.78, 5) is 4.19. The quantitative estimate of drug-likeness (QED) is 0.822. The molecule has 0 spiro atoms. The lowest BCUT2D eigenvalue weighted by atomic mass is 10.0. The van der Waals surface area contributed by atoms with E-state index in [2.05, 4.69) is 42.4 Å². The van der Waals surface area contributed by atoms with E-state index in [0.717, 1.165) is 19.0 Å². The van der Waals surface area contributed by atoms with Crippen LogP contribution in [0.25, 0.3) is 0 Å². The zero-order valence-electron chi connectivity index (χ0n) is 12.6. The lowest BCUT2D eigenvalue weighted by molar-refractivity contribution is 0.251. The molecule has 19 heavy (non-hydrogen) atoms. The van der Waals surface area contributed by atoms with Crippen LogP contribution < -0.4 is 5.32 Å². The molecule has 0 radical (unpaired) electrons. The van der Waals surface area contributed by atoms with E-state index in [0.29, 0.717) is 6.04 Å². The van der Waals surface area contributed by atoms with Gasteiger partial charge in [0.15, 0.2) is 0 Å². The summed E-state index contributed by atoms with van der Waals surface area (Å²) in [5.41, 5.74) is 1.56. The van der Waals surface area contributed by atoms with Crippen LogP contribution in [0.3, 0.4) is 0 Å². The van der Waals surface area contributed by atoms with Crippen molar-refractivity contribution in [3.8, 4) is 0 Å². The summed E-state index contributed by atoms with van der Waals surface area (Å²) in [6.07, 6.45) is 3.87. The second-order valence-electron chi connectivity index (χ2n) is 6.22. The van der Waals surface area contributed by atoms with Crippen molar-refractivity contribution < 1.29 is 0 Å². The molecule has 0 saturated carbocycles. The number of rotatable bonds is 7. The van der Waals surface area contributed by atoms with Crippen molar-refractivity contribution in [2.24, 2.45) is 5.92 Å². The molecule has 0 amide bonds. The molecule has 1 atom stereocenters. The molecule has 0 fully saturated rings. The minimum atomic E-state index is 0.656. The van der Waals surface area contributed by atoms with Crippen LogP contribution in [0, 0.1) is 5.92 Å². The molecule has 2 heterocycles. The van der Waals surface area contributed by atoms with Crippen LogP contribution in [0.2, 0.25) is 0 Å². The van der Waals surface area contributed by atoms with E-state index in [4.69, 9.17) is 0 Å². The Kier molecular flexibility index (Phi) is 5.86. The molecule has 2 rings (SSSR count). The molecule has 0 saturated heterocycles. The molecular weight excluding hydrogens is 252 g/mol. The Labute approximate surface area is 122 Å². The monoisotopic (exact) mass is 280 g/mol. The lowest BCUT2D eigenvalue weighted by Crippen LogP contribution is -2.38. The normalized spacial score (nSPS) is 17.7. The van der Waals surface area contributed by atoms with Crippen molar-refractivity contribution in [2.75, 3.05) is 19.6 Å². The van der Waals surface area contributed by atoms with Gasteiger partial charge in [0, 0.05) is 37.1 Å². The number of fused-ring (bicyclic) bond motifs is 1. The van der Waals surface area contributed by atoms with Gasteiger partial charge in [0.2, 0.25) is 0 Å². The van der Waals surface area contributed by atoms with Crippen molar-refractivity contribution in [3.63, 3.8) is 0 Å². The summed E-state index contributed by atoms with van der Waals surface area (Å²) in [6.45, 7) is 11.6. The van der Waals surface area contributed by atoms with E-state index >= 15 is 0 Å². The topological polar surface area (TPSA) is 15.3 Å². The van der Waals surface area contributed by atoms with Gasteiger partial charge in [-0.25, -0.2) is 0 Å². The van der Waals surface area contributed by atoms with Crippen molar-refractivity contribution in [1.29, 1.82) is 0 Å². The Balaban J connectivity index is 1.62. The molecule has 1 aromatic rings. The van der Waals surface area contributed by atoms with Gasteiger partial charge in [-0.15, -0.1) is 11.3 Å².